The topological polar surface area (TPSA) is 87.0 Å². The molecule has 0 unspecified atom stereocenters. The summed E-state index contributed by atoms with van der Waals surface area (Å²) in [5, 5.41) is 16.1. The molecule has 1 aromatic heterocycles. The van der Waals surface area contributed by atoms with Crippen LogP contribution in [-0.2, 0) is 9.53 Å². The summed E-state index contributed by atoms with van der Waals surface area (Å²) in [5.41, 5.74) is 3.63. The highest BCUT2D eigenvalue weighted by atomic mass is 16.5. The molecular formula is C17H20N4O2. The SMILES string of the molecule is COCC(=O)NCCNc1nc2c(C)c(C)ccc2cc1C#N. The third kappa shape index (κ3) is 3.96. The number of hydrogen-bond acceptors (Lipinski definition) is 5. The second-order valence-corrected chi connectivity index (χ2v) is 5.29. The third-order valence-electron chi connectivity index (χ3n) is 3.65. The summed E-state index contributed by atoms with van der Waals surface area (Å²) < 4.78 is 4.74. The smallest absolute Gasteiger partial charge is 0.246 e. The maximum Gasteiger partial charge on any atom is 0.246 e. The van der Waals surface area contributed by atoms with E-state index in [4.69, 9.17) is 4.74 Å². The molecule has 0 saturated heterocycles. The van der Waals surface area contributed by atoms with E-state index in [0.717, 1.165) is 22.0 Å². The molecular weight excluding hydrogens is 292 g/mol. The molecule has 6 nitrogen and oxygen atoms in total. The Hall–Kier alpha value is -2.65. The van der Waals surface area contributed by atoms with E-state index >= 15 is 0 Å². The number of fused-ring (bicyclic) bond motifs is 1. The fourth-order valence-corrected chi connectivity index (χ4v) is 2.27. The van der Waals surface area contributed by atoms with Crippen molar-refractivity contribution in [3.8, 4) is 6.07 Å². The van der Waals surface area contributed by atoms with Crippen LogP contribution in [0.25, 0.3) is 10.9 Å². The summed E-state index contributed by atoms with van der Waals surface area (Å²) in [6.07, 6.45) is 0. The van der Waals surface area contributed by atoms with E-state index in [-0.39, 0.29) is 12.5 Å². The molecule has 1 amide bonds. The van der Waals surface area contributed by atoms with Crippen LogP contribution >= 0.6 is 0 Å². The van der Waals surface area contributed by atoms with Crippen molar-refractivity contribution in [3.05, 3.63) is 34.9 Å². The normalized spacial score (nSPS) is 10.3. The molecule has 6 heteroatoms. The zero-order valence-electron chi connectivity index (χ0n) is 13.6. The van der Waals surface area contributed by atoms with Crippen LogP contribution in [0.1, 0.15) is 16.7 Å². The number of anilines is 1. The van der Waals surface area contributed by atoms with Crippen LogP contribution < -0.4 is 10.6 Å². The van der Waals surface area contributed by atoms with Crippen molar-refractivity contribution in [1.82, 2.24) is 10.3 Å². The van der Waals surface area contributed by atoms with Gasteiger partial charge in [-0.3, -0.25) is 4.79 Å². The van der Waals surface area contributed by atoms with Gasteiger partial charge in [0.1, 0.15) is 18.5 Å². The first kappa shape index (κ1) is 16.7. The largest absolute Gasteiger partial charge is 0.375 e. The molecule has 0 radical (unpaired) electrons. The highest BCUT2D eigenvalue weighted by molar-refractivity contribution is 5.86. The average molecular weight is 312 g/mol. The van der Waals surface area contributed by atoms with Gasteiger partial charge in [0.15, 0.2) is 0 Å². The van der Waals surface area contributed by atoms with Crippen molar-refractivity contribution in [2.24, 2.45) is 0 Å². The quantitative estimate of drug-likeness (QED) is 0.796. The van der Waals surface area contributed by atoms with Crippen molar-refractivity contribution in [3.63, 3.8) is 0 Å². The van der Waals surface area contributed by atoms with Gasteiger partial charge in [0.25, 0.3) is 0 Å². The fraction of sp³-hybridized carbons (Fsp3) is 0.353. The number of nitriles is 1. The molecule has 23 heavy (non-hydrogen) atoms. The number of carbonyl (C=O) groups excluding carboxylic acids is 1. The zero-order chi connectivity index (χ0) is 16.8. The maximum atomic E-state index is 11.3. The van der Waals surface area contributed by atoms with Crippen molar-refractivity contribution in [2.75, 3.05) is 32.1 Å². The van der Waals surface area contributed by atoms with Crippen LogP contribution in [0, 0.1) is 25.2 Å². The molecule has 0 saturated carbocycles. The summed E-state index contributed by atoms with van der Waals surface area (Å²) in [6, 6.07) is 7.99. The standard InChI is InChI=1S/C17H20N4O2/c1-11-4-5-13-8-14(9-18)17(21-16(13)12(11)2)20-7-6-19-15(22)10-23-3/h4-5,8H,6-7,10H2,1-3H3,(H,19,22)(H,20,21). The number of nitrogens with zero attached hydrogens (tertiary/aromatic N) is 2. The van der Waals surface area contributed by atoms with E-state index < -0.39 is 0 Å². The van der Waals surface area contributed by atoms with Gasteiger partial charge >= 0.3 is 0 Å². The van der Waals surface area contributed by atoms with Crippen molar-refractivity contribution in [1.29, 1.82) is 5.26 Å². The first-order valence-electron chi connectivity index (χ1n) is 7.37. The lowest BCUT2D eigenvalue weighted by Gasteiger charge is -2.11. The summed E-state index contributed by atoms with van der Waals surface area (Å²) >= 11 is 0. The molecule has 0 aliphatic heterocycles. The van der Waals surface area contributed by atoms with Crippen LogP contribution in [0.3, 0.4) is 0 Å². The van der Waals surface area contributed by atoms with Gasteiger partial charge in [-0.15, -0.1) is 0 Å². The number of benzene rings is 1. The molecule has 0 spiro atoms. The number of amides is 1. The van der Waals surface area contributed by atoms with Gasteiger partial charge in [0.2, 0.25) is 5.91 Å². The number of methoxy groups -OCH3 is 1. The third-order valence-corrected chi connectivity index (χ3v) is 3.65. The lowest BCUT2D eigenvalue weighted by Crippen LogP contribution is -2.31. The lowest BCUT2D eigenvalue weighted by molar-refractivity contribution is -0.124. The van der Waals surface area contributed by atoms with Crippen molar-refractivity contribution < 1.29 is 9.53 Å². The minimum absolute atomic E-state index is 0.0378. The second-order valence-electron chi connectivity index (χ2n) is 5.29. The minimum Gasteiger partial charge on any atom is -0.375 e. The van der Waals surface area contributed by atoms with Crippen LogP contribution in [0.15, 0.2) is 18.2 Å². The number of carbonyl (C=O) groups is 1. The van der Waals surface area contributed by atoms with Gasteiger partial charge in [-0.05, 0) is 31.0 Å². The van der Waals surface area contributed by atoms with Gasteiger partial charge in [-0.25, -0.2) is 4.98 Å². The molecule has 0 bridgehead atoms. The Kier molecular flexibility index (Phi) is 5.50. The predicted molar refractivity (Wildman–Crippen MR) is 89.3 cm³/mol. The second kappa shape index (κ2) is 7.56. The molecule has 0 atom stereocenters. The number of pyridine rings is 1. The van der Waals surface area contributed by atoms with Gasteiger partial charge in [-0.2, -0.15) is 5.26 Å². The molecule has 120 valence electrons. The molecule has 0 aliphatic carbocycles. The Morgan fingerprint density at radius 3 is 2.83 bits per heavy atom. The van der Waals surface area contributed by atoms with Gasteiger partial charge in [0.05, 0.1) is 11.1 Å². The Morgan fingerprint density at radius 1 is 1.35 bits per heavy atom. The monoisotopic (exact) mass is 312 g/mol. The Balaban J connectivity index is 2.15. The van der Waals surface area contributed by atoms with E-state index in [1.807, 2.05) is 32.0 Å². The number of aryl methyl sites for hydroxylation is 2. The number of ether oxygens (including phenoxy) is 1. The lowest BCUT2D eigenvalue weighted by atomic mass is 10.0. The first-order chi connectivity index (χ1) is 11.1. The number of nitrogens with one attached hydrogen (secondary N) is 2. The van der Waals surface area contributed by atoms with Gasteiger partial charge in [0, 0.05) is 25.6 Å². The van der Waals surface area contributed by atoms with Crippen LogP contribution in [-0.4, -0.2) is 37.7 Å². The van der Waals surface area contributed by atoms with Crippen LogP contribution in [0.2, 0.25) is 0 Å². The number of rotatable bonds is 6. The number of aromatic nitrogens is 1. The summed E-state index contributed by atoms with van der Waals surface area (Å²) in [7, 11) is 1.47. The number of hydrogen-bond donors (Lipinski definition) is 2. The summed E-state index contributed by atoms with van der Waals surface area (Å²) in [6.45, 7) is 5.00. The zero-order valence-corrected chi connectivity index (χ0v) is 13.6. The summed E-state index contributed by atoms with van der Waals surface area (Å²) in [5.74, 6) is 0.363. The Morgan fingerprint density at radius 2 is 2.13 bits per heavy atom. The Bertz CT molecular complexity index is 765. The van der Waals surface area contributed by atoms with E-state index in [9.17, 15) is 10.1 Å². The van der Waals surface area contributed by atoms with E-state index in [1.54, 1.807) is 0 Å². The van der Waals surface area contributed by atoms with Gasteiger partial charge in [-0.1, -0.05) is 12.1 Å². The molecule has 2 aromatic rings. The van der Waals surface area contributed by atoms with Crippen LogP contribution in [0.4, 0.5) is 5.82 Å². The van der Waals surface area contributed by atoms with Crippen LogP contribution in [0.5, 0.6) is 0 Å². The van der Waals surface area contributed by atoms with Gasteiger partial charge < -0.3 is 15.4 Å². The Labute approximate surface area is 135 Å². The van der Waals surface area contributed by atoms with E-state index in [0.29, 0.717) is 24.5 Å². The highest BCUT2D eigenvalue weighted by Gasteiger charge is 2.09. The van der Waals surface area contributed by atoms with E-state index in [2.05, 4.69) is 21.7 Å². The fourth-order valence-electron chi connectivity index (χ4n) is 2.27. The molecule has 0 aliphatic rings. The molecule has 1 aromatic carbocycles. The van der Waals surface area contributed by atoms with Crippen molar-refractivity contribution >= 4 is 22.6 Å². The molecule has 2 rings (SSSR count). The minimum atomic E-state index is -0.173. The first-order valence-corrected chi connectivity index (χ1v) is 7.37. The highest BCUT2D eigenvalue weighted by Crippen LogP contribution is 2.24. The summed E-state index contributed by atoms with van der Waals surface area (Å²) in [4.78, 5) is 15.9. The molecule has 0 fully saturated rings. The maximum absolute atomic E-state index is 11.3. The van der Waals surface area contributed by atoms with E-state index in [1.165, 1.54) is 7.11 Å². The predicted octanol–water partition coefficient (Wildman–Crippen LogP) is 1.90. The van der Waals surface area contributed by atoms with Crippen molar-refractivity contribution in [2.45, 2.75) is 13.8 Å². The average Bonchev–Trinajstić information content (AvgIpc) is 2.55. The molecule has 2 N–H and O–H groups in total. The molecule has 1 heterocycles.